The molecule has 1 N–H and O–H groups in total. The average molecular weight is 228 g/mol. The van der Waals surface area contributed by atoms with Crippen molar-refractivity contribution in [3.05, 3.63) is 25.3 Å². The summed E-state index contributed by atoms with van der Waals surface area (Å²) in [5.41, 5.74) is 0. The zero-order valence-electron chi connectivity index (χ0n) is 9.05. The second-order valence-corrected chi connectivity index (χ2v) is 2.97. The van der Waals surface area contributed by atoms with Gasteiger partial charge in [0.2, 0.25) is 0 Å². The first-order valence-corrected chi connectivity index (χ1v) is 4.86. The standard InChI is InChI=1S/C11H16O5/c1-3-10(13)15-7-5-9(12)6-8-16-11(14)4-2/h3-4,9,12H,1-2,5-8H2. The summed E-state index contributed by atoms with van der Waals surface area (Å²) in [5.74, 6) is -1.05. The number of hydrogen-bond acceptors (Lipinski definition) is 5. The van der Waals surface area contributed by atoms with Crippen LogP contribution in [0.5, 0.6) is 0 Å². The molecule has 0 radical (unpaired) electrons. The third kappa shape index (κ3) is 7.75. The molecule has 0 aromatic rings. The molecular weight excluding hydrogens is 212 g/mol. The Balaban J connectivity index is 3.47. The summed E-state index contributed by atoms with van der Waals surface area (Å²) in [6.45, 7) is 6.69. The summed E-state index contributed by atoms with van der Waals surface area (Å²) < 4.78 is 9.34. The summed E-state index contributed by atoms with van der Waals surface area (Å²) in [4.78, 5) is 21.3. The lowest BCUT2D eigenvalue weighted by Crippen LogP contribution is -2.15. The van der Waals surface area contributed by atoms with Gasteiger partial charge in [0.15, 0.2) is 0 Å². The van der Waals surface area contributed by atoms with Crippen LogP contribution in [0.15, 0.2) is 25.3 Å². The van der Waals surface area contributed by atoms with Crippen molar-refractivity contribution in [3.8, 4) is 0 Å². The monoisotopic (exact) mass is 228 g/mol. The van der Waals surface area contributed by atoms with Crippen LogP contribution >= 0.6 is 0 Å². The molecule has 0 aliphatic heterocycles. The summed E-state index contributed by atoms with van der Waals surface area (Å²) >= 11 is 0. The number of ether oxygens (including phenoxy) is 2. The Hall–Kier alpha value is -1.62. The van der Waals surface area contributed by atoms with E-state index in [0.717, 1.165) is 12.2 Å². The van der Waals surface area contributed by atoms with Gasteiger partial charge < -0.3 is 14.6 Å². The highest BCUT2D eigenvalue weighted by molar-refractivity contribution is 5.81. The van der Waals surface area contributed by atoms with Crippen LogP contribution in [0.2, 0.25) is 0 Å². The number of carbonyl (C=O) groups excluding carboxylic acids is 2. The smallest absolute Gasteiger partial charge is 0.330 e. The fraction of sp³-hybridized carbons (Fsp3) is 0.455. The van der Waals surface area contributed by atoms with Crippen LogP contribution in [0.3, 0.4) is 0 Å². The fourth-order valence-corrected chi connectivity index (χ4v) is 0.853. The largest absolute Gasteiger partial charge is 0.462 e. The number of aliphatic hydroxyl groups is 1. The van der Waals surface area contributed by atoms with Gasteiger partial charge in [0, 0.05) is 25.0 Å². The van der Waals surface area contributed by atoms with Crippen molar-refractivity contribution in [2.45, 2.75) is 18.9 Å². The van der Waals surface area contributed by atoms with E-state index in [1.807, 2.05) is 0 Å². The Bertz CT molecular complexity index is 233. The number of hydrogen-bond donors (Lipinski definition) is 1. The van der Waals surface area contributed by atoms with E-state index < -0.39 is 18.0 Å². The molecule has 16 heavy (non-hydrogen) atoms. The average Bonchev–Trinajstić information content (AvgIpc) is 2.28. The molecule has 0 fully saturated rings. The maximum absolute atomic E-state index is 10.6. The van der Waals surface area contributed by atoms with Crippen LogP contribution in [0.1, 0.15) is 12.8 Å². The predicted molar refractivity (Wildman–Crippen MR) is 57.6 cm³/mol. The van der Waals surface area contributed by atoms with Gasteiger partial charge in [0.25, 0.3) is 0 Å². The van der Waals surface area contributed by atoms with E-state index in [9.17, 15) is 14.7 Å². The molecular formula is C11H16O5. The summed E-state index contributed by atoms with van der Waals surface area (Å²) in [5, 5.41) is 9.39. The van der Waals surface area contributed by atoms with E-state index in [1.54, 1.807) is 0 Å². The molecule has 0 bridgehead atoms. The van der Waals surface area contributed by atoms with Crippen LogP contribution in [-0.2, 0) is 19.1 Å². The van der Waals surface area contributed by atoms with E-state index >= 15 is 0 Å². The fourth-order valence-electron chi connectivity index (χ4n) is 0.853. The molecule has 0 saturated heterocycles. The Labute approximate surface area is 94.4 Å². The quantitative estimate of drug-likeness (QED) is 0.486. The highest BCUT2D eigenvalue weighted by atomic mass is 16.5. The van der Waals surface area contributed by atoms with Gasteiger partial charge in [-0.25, -0.2) is 9.59 Å². The second-order valence-electron chi connectivity index (χ2n) is 2.97. The van der Waals surface area contributed by atoms with Gasteiger partial charge in [0.05, 0.1) is 19.3 Å². The van der Waals surface area contributed by atoms with Crippen molar-refractivity contribution in [2.75, 3.05) is 13.2 Å². The van der Waals surface area contributed by atoms with Gasteiger partial charge >= 0.3 is 11.9 Å². The minimum atomic E-state index is -0.671. The minimum Gasteiger partial charge on any atom is -0.462 e. The molecule has 0 unspecified atom stereocenters. The maximum Gasteiger partial charge on any atom is 0.330 e. The molecule has 0 amide bonds. The Kier molecular flexibility index (Phi) is 7.79. The molecule has 0 aliphatic carbocycles. The van der Waals surface area contributed by atoms with Crippen molar-refractivity contribution in [1.29, 1.82) is 0 Å². The lowest BCUT2D eigenvalue weighted by molar-refractivity contribution is -0.138. The molecule has 5 heteroatoms. The molecule has 0 aromatic carbocycles. The Morgan fingerprint density at radius 3 is 1.75 bits per heavy atom. The van der Waals surface area contributed by atoms with E-state index in [2.05, 4.69) is 22.6 Å². The Morgan fingerprint density at radius 1 is 1.06 bits per heavy atom. The lowest BCUT2D eigenvalue weighted by atomic mass is 10.2. The summed E-state index contributed by atoms with van der Waals surface area (Å²) in [7, 11) is 0. The first-order valence-electron chi connectivity index (χ1n) is 4.86. The normalized spacial score (nSPS) is 9.62. The van der Waals surface area contributed by atoms with Crippen LogP contribution in [-0.4, -0.2) is 36.4 Å². The number of carbonyl (C=O) groups is 2. The molecule has 0 aromatic heterocycles. The van der Waals surface area contributed by atoms with Gasteiger partial charge in [-0.05, 0) is 0 Å². The van der Waals surface area contributed by atoms with E-state index in [-0.39, 0.29) is 13.2 Å². The van der Waals surface area contributed by atoms with Crippen molar-refractivity contribution >= 4 is 11.9 Å². The summed E-state index contributed by atoms with van der Waals surface area (Å²) in [6.07, 6.45) is 2.03. The highest BCUT2D eigenvalue weighted by Gasteiger charge is 2.06. The predicted octanol–water partition coefficient (Wildman–Crippen LogP) is 0.586. The first kappa shape index (κ1) is 14.4. The van der Waals surface area contributed by atoms with E-state index in [4.69, 9.17) is 0 Å². The van der Waals surface area contributed by atoms with Crippen LogP contribution in [0.4, 0.5) is 0 Å². The second kappa shape index (κ2) is 8.67. The number of esters is 2. The number of aliphatic hydroxyl groups excluding tert-OH is 1. The van der Waals surface area contributed by atoms with Crippen molar-refractivity contribution in [3.63, 3.8) is 0 Å². The van der Waals surface area contributed by atoms with Crippen molar-refractivity contribution in [2.24, 2.45) is 0 Å². The van der Waals surface area contributed by atoms with Crippen molar-refractivity contribution in [1.82, 2.24) is 0 Å². The van der Waals surface area contributed by atoms with Gasteiger partial charge in [-0.3, -0.25) is 0 Å². The number of rotatable bonds is 8. The molecule has 0 aliphatic rings. The van der Waals surface area contributed by atoms with E-state index in [1.165, 1.54) is 0 Å². The zero-order chi connectivity index (χ0) is 12.4. The SMILES string of the molecule is C=CC(=O)OCCC(O)CCOC(=O)C=C. The molecule has 0 heterocycles. The third-order valence-electron chi connectivity index (χ3n) is 1.72. The van der Waals surface area contributed by atoms with Crippen LogP contribution in [0.25, 0.3) is 0 Å². The topological polar surface area (TPSA) is 72.8 Å². The Morgan fingerprint density at radius 2 is 1.44 bits per heavy atom. The molecule has 0 saturated carbocycles. The van der Waals surface area contributed by atoms with Crippen LogP contribution in [0, 0.1) is 0 Å². The van der Waals surface area contributed by atoms with Gasteiger partial charge in [-0.2, -0.15) is 0 Å². The zero-order valence-corrected chi connectivity index (χ0v) is 9.05. The van der Waals surface area contributed by atoms with Crippen LogP contribution < -0.4 is 0 Å². The molecule has 90 valence electrons. The van der Waals surface area contributed by atoms with Gasteiger partial charge in [0.1, 0.15) is 0 Å². The van der Waals surface area contributed by atoms with Gasteiger partial charge in [-0.1, -0.05) is 13.2 Å². The van der Waals surface area contributed by atoms with E-state index in [0.29, 0.717) is 12.8 Å². The van der Waals surface area contributed by atoms with Gasteiger partial charge in [-0.15, -0.1) is 0 Å². The first-order chi connectivity index (χ1) is 7.60. The van der Waals surface area contributed by atoms with Crippen molar-refractivity contribution < 1.29 is 24.2 Å². The summed E-state index contributed by atoms with van der Waals surface area (Å²) in [6, 6.07) is 0. The molecule has 0 rings (SSSR count). The maximum atomic E-state index is 10.6. The molecule has 0 spiro atoms. The molecule has 5 nitrogen and oxygen atoms in total. The highest BCUT2D eigenvalue weighted by Crippen LogP contribution is 1.99. The third-order valence-corrected chi connectivity index (χ3v) is 1.72. The minimum absolute atomic E-state index is 0.113. The molecule has 0 atom stereocenters. The lowest BCUT2D eigenvalue weighted by Gasteiger charge is -2.09.